The average molecular weight is 329 g/mol. The number of fused-ring (bicyclic) bond motifs is 1. The minimum Gasteiger partial charge on any atom is -0.453 e. The summed E-state index contributed by atoms with van der Waals surface area (Å²) in [6.45, 7) is 0. The van der Waals surface area contributed by atoms with E-state index in [1.54, 1.807) is 31.6 Å². The Hall–Kier alpha value is -2.97. The highest BCUT2D eigenvalue weighted by molar-refractivity contribution is 5.94. The van der Waals surface area contributed by atoms with E-state index in [0.29, 0.717) is 11.4 Å². The van der Waals surface area contributed by atoms with Crippen LogP contribution in [0.4, 0.5) is 10.1 Å². The van der Waals surface area contributed by atoms with Gasteiger partial charge in [0.1, 0.15) is 17.6 Å². The first-order valence-corrected chi connectivity index (χ1v) is 7.21. The molecule has 0 spiro atoms. The number of rotatable bonds is 5. The SMILES string of the molecule is CNC(N)C(=O)Nc1ccc(Oc2ccnc3[nH]ccc23)c(F)c1. The topological polar surface area (TPSA) is 105 Å². The van der Waals surface area contributed by atoms with Crippen LogP contribution in [-0.4, -0.2) is 29.1 Å². The van der Waals surface area contributed by atoms with Gasteiger partial charge in [0.05, 0.1) is 5.39 Å². The van der Waals surface area contributed by atoms with Crippen LogP contribution in [0.25, 0.3) is 11.0 Å². The van der Waals surface area contributed by atoms with E-state index in [-0.39, 0.29) is 11.4 Å². The number of halogens is 1. The number of anilines is 1. The summed E-state index contributed by atoms with van der Waals surface area (Å²) >= 11 is 0. The Morgan fingerprint density at radius 2 is 2.17 bits per heavy atom. The van der Waals surface area contributed by atoms with Crippen molar-refractivity contribution in [3.05, 3.63) is 48.5 Å². The number of nitrogens with one attached hydrogen (secondary N) is 3. The molecule has 124 valence electrons. The molecule has 5 N–H and O–H groups in total. The quantitative estimate of drug-likeness (QED) is 0.535. The van der Waals surface area contributed by atoms with E-state index in [9.17, 15) is 9.18 Å². The fourth-order valence-corrected chi connectivity index (χ4v) is 2.16. The van der Waals surface area contributed by atoms with Gasteiger partial charge < -0.3 is 20.8 Å². The second-order valence-corrected chi connectivity index (χ2v) is 5.05. The van der Waals surface area contributed by atoms with E-state index in [2.05, 4.69) is 20.6 Å². The molecular weight excluding hydrogens is 313 g/mol. The number of likely N-dealkylation sites (N-methyl/N-ethyl adjacent to an activating group) is 1. The first kappa shape index (κ1) is 15.9. The highest BCUT2D eigenvalue weighted by atomic mass is 19.1. The fourth-order valence-electron chi connectivity index (χ4n) is 2.16. The van der Waals surface area contributed by atoms with Crippen molar-refractivity contribution in [2.45, 2.75) is 6.17 Å². The number of H-pyrrole nitrogens is 1. The third kappa shape index (κ3) is 3.19. The monoisotopic (exact) mass is 329 g/mol. The second-order valence-electron chi connectivity index (χ2n) is 5.05. The summed E-state index contributed by atoms with van der Waals surface area (Å²) in [6.07, 6.45) is 2.42. The molecule has 1 aromatic carbocycles. The zero-order valence-corrected chi connectivity index (χ0v) is 12.8. The van der Waals surface area contributed by atoms with Gasteiger partial charge in [0.25, 0.3) is 5.91 Å². The minimum atomic E-state index is -0.873. The highest BCUT2D eigenvalue weighted by Gasteiger charge is 2.13. The molecule has 0 aliphatic rings. The van der Waals surface area contributed by atoms with Gasteiger partial charge in [-0.25, -0.2) is 9.37 Å². The Labute approximate surface area is 137 Å². The van der Waals surface area contributed by atoms with Crippen LogP contribution in [0.2, 0.25) is 0 Å². The number of pyridine rings is 1. The van der Waals surface area contributed by atoms with Gasteiger partial charge in [0.15, 0.2) is 11.6 Å². The number of aromatic nitrogens is 2. The third-order valence-electron chi connectivity index (χ3n) is 3.43. The van der Waals surface area contributed by atoms with Crippen LogP contribution in [0, 0.1) is 5.82 Å². The van der Waals surface area contributed by atoms with Crippen molar-refractivity contribution in [2.75, 3.05) is 12.4 Å². The largest absolute Gasteiger partial charge is 0.453 e. The molecule has 1 unspecified atom stereocenters. The number of carbonyl (C=O) groups excluding carboxylic acids is 1. The second kappa shape index (κ2) is 6.65. The van der Waals surface area contributed by atoms with E-state index in [1.807, 2.05) is 0 Å². The van der Waals surface area contributed by atoms with Gasteiger partial charge in [-0.2, -0.15) is 0 Å². The molecule has 3 aromatic rings. The van der Waals surface area contributed by atoms with E-state index in [0.717, 1.165) is 5.39 Å². The molecule has 0 aliphatic heterocycles. The molecule has 0 saturated carbocycles. The maximum atomic E-state index is 14.2. The predicted octanol–water partition coefficient (Wildman–Crippen LogP) is 1.94. The van der Waals surface area contributed by atoms with Crippen LogP contribution in [-0.2, 0) is 4.79 Å². The zero-order chi connectivity index (χ0) is 17.1. The highest BCUT2D eigenvalue weighted by Crippen LogP contribution is 2.30. The lowest BCUT2D eigenvalue weighted by Crippen LogP contribution is -2.45. The number of hydrogen-bond donors (Lipinski definition) is 4. The molecule has 3 rings (SSSR count). The molecule has 0 fully saturated rings. The van der Waals surface area contributed by atoms with Crippen molar-refractivity contribution in [2.24, 2.45) is 5.73 Å². The maximum Gasteiger partial charge on any atom is 0.256 e. The van der Waals surface area contributed by atoms with Gasteiger partial charge in [0.2, 0.25) is 0 Å². The van der Waals surface area contributed by atoms with Crippen LogP contribution in [0.15, 0.2) is 42.7 Å². The molecule has 8 heteroatoms. The lowest BCUT2D eigenvalue weighted by atomic mass is 10.2. The van der Waals surface area contributed by atoms with Gasteiger partial charge in [-0.15, -0.1) is 0 Å². The molecule has 2 heterocycles. The van der Waals surface area contributed by atoms with Crippen molar-refractivity contribution in [3.8, 4) is 11.5 Å². The number of aromatic amines is 1. The first-order chi connectivity index (χ1) is 11.6. The third-order valence-corrected chi connectivity index (χ3v) is 3.43. The summed E-state index contributed by atoms with van der Waals surface area (Å²) in [4.78, 5) is 18.8. The molecule has 7 nitrogen and oxygen atoms in total. The van der Waals surface area contributed by atoms with Crippen molar-refractivity contribution in [3.63, 3.8) is 0 Å². The summed E-state index contributed by atoms with van der Waals surface area (Å²) in [7, 11) is 1.55. The number of nitrogens with zero attached hydrogens (tertiary/aromatic N) is 1. The number of hydrogen-bond acceptors (Lipinski definition) is 5. The van der Waals surface area contributed by atoms with Gasteiger partial charge in [-0.05, 0) is 31.3 Å². The van der Waals surface area contributed by atoms with Crippen molar-refractivity contribution < 1.29 is 13.9 Å². The van der Waals surface area contributed by atoms with Crippen LogP contribution < -0.4 is 21.1 Å². The smallest absolute Gasteiger partial charge is 0.256 e. The Morgan fingerprint density at radius 1 is 1.33 bits per heavy atom. The van der Waals surface area contributed by atoms with E-state index in [4.69, 9.17) is 10.5 Å². The molecule has 2 aromatic heterocycles. The van der Waals surface area contributed by atoms with E-state index in [1.165, 1.54) is 18.2 Å². The van der Waals surface area contributed by atoms with Crippen LogP contribution in [0.3, 0.4) is 0 Å². The Morgan fingerprint density at radius 3 is 2.92 bits per heavy atom. The summed E-state index contributed by atoms with van der Waals surface area (Å²) in [5.41, 5.74) is 6.47. The summed E-state index contributed by atoms with van der Waals surface area (Å²) < 4.78 is 19.9. The van der Waals surface area contributed by atoms with Gasteiger partial charge in [-0.3, -0.25) is 10.1 Å². The fraction of sp³-hybridized carbons (Fsp3) is 0.125. The average Bonchev–Trinajstić information content (AvgIpc) is 3.06. The van der Waals surface area contributed by atoms with Crippen LogP contribution in [0.5, 0.6) is 11.5 Å². The molecule has 1 amide bonds. The van der Waals surface area contributed by atoms with E-state index < -0.39 is 17.9 Å². The van der Waals surface area contributed by atoms with Gasteiger partial charge >= 0.3 is 0 Å². The number of carbonyl (C=O) groups is 1. The summed E-state index contributed by atoms with van der Waals surface area (Å²) in [5.74, 6) is -0.547. The minimum absolute atomic E-state index is 0.0413. The van der Waals surface area contributed by atoms with Crippen molar-refractivity contribution in [1.29, 1.82) is 0 Å². The number of nitrogens with two attached hydrogens (primary N) is 1. The van der Waals surface area contributed by atoms with Crippen molar-refractivity contribution in [1.82, 2.24) is 15.3 Å². The molecule has 24 heavy (non-hydrogen) atoms. The van der Waals surface area contributed by atoms with Gasteiger partial charge in [-0.1, -0.05) is 0 Å². The zero-order valence-electron chi connectivity index (χ0n) is 12.8. The first-order valence-electron chi connectivity index (χ1n) is 7.21. The lowest BCUT2D eigenvalue weighted by molar-refractivity contribution is -0.117. The summed E-state index contributed by atoms with van der Waals surface area (Å²) in [5, 5.41) is 5.85. The van der Waals surface area contributed by atoms with Crippen LogP contribution >= 0.6 is 0 Å². The van der Waals surface area contributed by atoms with Gasteiger partial charge in [0, 0.05) is 24.1 Å². The van der Waals surface area contributed by atoms with Crippen LogP contribution in [0.1, 0.15) is 0 Å². The lowest BCUT2D eigenvalue weighted by Gasteiger charge is -2.12. The predicted molar refractivity (Wildman–Crippen MR) is 88.2 cm³/mol. The molecule has 0 aliphatic carbocycles. The standard InChI is InChI=1S/C16H16FN5O2/c1-19-14(18)16(23)22-9-2-3-13(11(17)8-9)24-12-5-7-21-15-10(12)4-6-20-15/h2-8,14,19H,18H2,1H3,(H,20,21)(H,22,23). The molecule has 0 bridgehead atoms. The molecule has 0 saturated heterocycles. The van der Waals surface area contributed by atoms with E-state index >= 15 is 0 Å². The molecule has 0 radical (unpaired) electrons. The normalized spacial score (nSPS) is 12.1. The Kier molecular flexibility index (Phi) is 4.41. The number of benzene rings is 1. The Bertz CT molecular complexity index is 880. The maximum absolute atomic E-state index is 14.2. The number of ether oxygens (including phenoxy) is 1. The number of amides is 1. The summed E-state index contributed by atoms with van der Waals surface area (Å²) in [6, 6.07) is 7.59. The molecular formula is C16H16FN5O2. The van der Waals surface area contributed by atoms with Crippen molar-refractivity contribution >= 4 is 22.6 Å². The Balaban J connectivity index is 1.80. The molecule has 1 atom stereocenters.